The number of hydrogen-bond donors (Lipinski definition) is 1. The zero-order chi connectivity index (χ0) is 10.8. The van der Waals surface area contributed by atoms with E-state index in [1.54, 1.807) is 0 Å². The van der Waals surface area contributed by atoms with Gasteiger partial charge in [-0.25, -0.2) is 4.99 Å². The molecule has 0 saturated heterocycles. The molecule has 0 fully saturated rings. The Morgan fingerprint density at radius 1 is 1.50 bits per heavy atom. The molecule has 1 aliphatic rings. The van der Waals surface area contributed by atoms with E-state index in [4.69, 9.17) is 0 Å². The van der Waals surface area contributed by atoms with Crippen molar-refractivity contribution in [1.82, 2.24) is 5.32 Å². The summed E-state index contributed by atoms with van der Waals surface area (Å²) in [5.41, 5.74) is -0.466. The number of rotatable bonds is 0. The van der Waals surface area contributed by atoms with E-state index in [1.807, 2.05) is 20.8 Å². The first-order chi connectivity index (χ1) is 6.39. The molecule has 1 amide bonds. The van der Waals surface area contributed by atoms with Gasteiger partial charge in [-0.15, -0.1) is 0 Å². The molecule has 0 aliphatic carbocycles. The van der Waals surface area contributed by atoms with Gasteiger partial charge in [-0.1, -0.05) is 20.8 Å². The Morgan fingerprint density at radius 3 is 2.64 bits per heavy atom. The van der Waals surface area contributed by atoms with Gasteiger partial charge in [0, 0.05) is 11.6 Å². The third kappa shape index (κ3) is 2.80. The smallest absolute Gasteiger partial charge is 0.230 e. The highest BCUT2D eigenvalue weighted by atomic mass is 16.2. The van der Waals surface area contributed by atoms with Crippen LogP contribution in [0.3, 0.4) is 0 Å². The van der Waals surface area contributed by atoms with Crippen LogP contribution in [-0.2, 0) is 9.59 Å². The fourth-order valence-corrected chi connectivity index (χ4v) is 0.875. The zero-order valence-electron chi connectivity index (χ0n) is 8.63. The number of nitrogens with zero attached hydrogens (tertiary/aromatic N) is 1. The Hall–Kier alpha value is -1.45. The molecule has 0 aromatic heterocycles. The summed E-state index contributed by atoms with van der Waals surface area (Å²) >= 11 is 0. The normalized spacial score (nSPS) is 16.5. The number of ketones is 1. The fraction of sp³-hybridized carbons (Fsp3) is 0.500. The van der Waals surface area contributed by atoms with Crippen molar-refractivity contribution in [2.45, 2.75) is 27.2 Å². The molecule has 4 heteroatoms. The van der Waals surface area contributed by atoms with Crippen LogP contribution in [0.25, 0.3) is 0 Å². The summed E-state index contributed by atoms with van der Waals surface area (Å²) in [5, 5.41) is 2.63. The van der Waals surface area contributed by atoms with Gasteiger partial charge in [-0.2, -0.15) is 0 Å². The van der Waals surface area contributed by atoms with Crippen LogP contribution in [0, 0.1) is 5.41 Å². The van der Waals surface area contributed by atoms with E-state index in [0.29, 0.717) is 5.84 Å². The van der Waals surface area contributed by atoms with Crippen LogP contribution in [-0.4, -0.2) is 17.5 Å². The van der Waals surface area contributed by atoms with E-state index in [0.717, 1.165) is 0 Å². The van der Waals surface area contributed by atoms with Crippen molar-refractivity contribution in [3.8, 4) is 0 Å². The number of carbonyl (C=O) groups excluding carboxylic acids is 2. The van der Waals surface area contributed by atoms with E-state index in [1.165, 1.54) is 12.3 Å². The van der Waals surface area contributed by atoms with Gasteiger partial charge in [0.05, 0.1) is 6.42 Å². The second-order valence-electron chi connectivity index (χ2n) is 4.24. The predicted octanol–water partition coefficient (Wildman–Crippen LogP) is 1.03. The third-order valence-electron chi connectivity index (χ3n) is 1.77. The maximum absolute atomic E-state index is 11.5. The first-order valence-electron chi connectivity index (χ1n) is 4.47. The lowest BCUT2D eigenvalue weighted by atomic mass is 9.95. The summed E-state index contributed by atoms with van der Waals surface area (Å²) in [6.07, 6.45) is 2.98. The monoisotopic (exact) mass is 194 g/mol. The summed E-state index contributed by atoms with van der Waals surface area (Å²) in [7, 11) is 0. The number of hydrogen-bond acceptors (Lipinski definition) is 3. The summed E-state index contributed by atoms with van der Waals surface area (Å²) in [6.45, 7) is 5.43. The molecule has 0 aromatic carbocycles. The van der Waals surface area contributed by atoms with E-state index in [2.05, 4.69) is 10.3 Å². The third-order valence-corrected chi connectivity index (χ3v) is 1.77. The second-order valence-corrected chi connectivity index (χ2v) is 4.24. The quantitative estimate of drug-likeness (QED) is 0.626. The molecule has 0 saturated carbocycles. The van der Waals surface area contributed by atoms with E-state index < -0.39 is 5.41 Å². The Bertz CT molecular complexity index is 322. The maximum atomic E-state index is 11.5. The van der Waals surface area contributed by atoms with E-state index in [9.17, 15) is 9.59 Å². The summed E-state index contributed by atoms with van der Waals surface area (Å²) in [6, 6.07) is 0. The first-order valence-corrected chi connectivity index (χ1v) is 4.47. The van der Waals surface area contributed by atoms with Gasteiger partial charge in [0.15, 0.2) is 5.78 Å². The van der Waals surface area contributed by atoms with Crippen LogP contribution in [0.4, 0.5) is 0 Å². The number of carbonyl (C=O) groups is 2. The van der Waals surface area contributed by atoms with Crippen LogP contribution in [0.2, 0.25) is 0 Å². The van der Waals surface area contributed by atoms with Gasteiger partial charge in [0.1, 0.15) is 5.84 Å². The van der Waals surface area contributed by atoms with Crippen molar-refractivity contribution in [2.75, 3.05) is 0 Å². The minimum atomic E-state index is -0.466. The largest absolute Gasteiger partial charge is 0.313 e. The van der Waals surface area contributed by atoms with E-state index in [-0.39, 0.29) is 18.1 Å². The highest BCUT2D eigenvalue weighted by molar-refractivity contribution is 6.12. The number of amides is 1. The van der Waals surface area contributed by atoms with Crippen molar-refractivity contribution in [2.24, 2.45) is 10.4 Å². The van der Waals surface area contributed by atoms with Crippen LogP contribution >= 0.6 is 0 Å². The molecule has 1 rings (SSSR count). The highest BCUT2D eigenvalue weighted by Crippen LogP contribution is 2.12. The summed E-state index contributed by atoms with van der Waals surface area (Å²) in [5.74, 6) is 0.265. The maximum Gasteiger partial charge on any atom is 0.230 e. The average Bonchev–Trinajstić information content (AvgIpc) is 2.02. The van der Waals surface area contributed by atoms with Crippen LogP contribution in [0.5, 0.6) is 0 Å². The summed E-state index contributed by atoms with van der Waals surface area (Å²) < 4.78 is 0. The number of aliphatic imine (C=N–C) groups is 1. The van der Waals surface area contributed by atoms with Crippen molar-refractivity contribution in [3.63, 3.8) is 0 Å². The van der Waals surface area contributed by atoms with Crippen molar-refractivity contribution < 1.29 is 9.59 Å². The zero-order valence-corrected chi connectivity index (χ0v) is 8.63. The first kappa shape index (κ1) is 10.6. The molecule has 4 nitrogen and oxygen atoms in total. The van der Waals surface area contributed by atoms with Crippen LogP contribution < -0.4 is 5.32 Å². The highest BCUT2D eigenvalue weighted by Gasteiger charge is 2.23. The SMILES string of the molecule is CC(C)(C)C(=O)NC1=NC=CC(=O)C1. The lowest BCUT2D eigenvalue weighted by molar-refractivity contribution is -0.126. The number of nitrogens with one attached hydrogen (secondary N) is 1. The second kappa shape index (κ2) is 3.74. The minimum Gasteiger partial charge on any atom is -0.313 e. The molecular weight excluding hydrogens is 180 g/mol. The van der Waals surface area contributed by atoms with Crippen molar-refractivity contribution in [3.05, 3.63) is 12.3 Å². The lowest BCUT2D eigenvalue weighted by Crippen LogP contribution is -2.40. The van der Waals surface area contributed by atoms with Crippen molar-refractivity contribution in [1.29, 1.82) is 0 Å². The Labute approximate surface area is 83.1 Å². The molecule has 76 valence electrons. The Balaban J connectivity index is 2.62. The Morgan fingerprint density at radius 2 is 2.14 bits per heavy atom. The predicted molar refractivity (Wildman–Crippen MR) is 53.8 cm³/mol. The molecule has 0 unspecified atom stereocenters. The molecule has 1 aliphatic heterocycles. The van der Waals surface area contributed by atoms with Gasteiger partial charge < -0.3 is 5.32 Å². The molecule has 0 aromatic rings. The molecule has 14 heavy (non-hydrogen) atoms. The van der Waals surface area contributed by atoms with Crippen LogP contribution in [0.15, 0.2) is 17.3 Å². The van der Waals surface area contributed by atoms with Crippen LogP contribution in [0.1, 0.15) is 27.2 Å². The minimum absolute atomic E-state index is 0.0378. The standard InChI is InChI=1S/C10H14N2O2/c1-10(2,3)9(14)12-8-6-7(13)4-5-11-8/h4-5H,6H2,1-3H3,(H,11,12,14). The van der Waals surface area contributed by atoms with Gasteiger partial charge in [0.2, 0.25) is 5.91 Å². The Kier molecular flexibility index (Phi) is 2.84. The average molecular weight is 194 g/mol. The van der Waals surface area contributed by atoms with Gasteiger partial charge in [0.25, 0.3) is 0 Å². The topological polar surface area (TPSA) is 58.5 Å². The lowest BCUT2D eigenvalue weighted by Gasteiger charge is -2.18. The number of allylic oxidation sites excluding steroid dienone is 1. The molecule has 0 atom stereocenters. The van der Waals surface area contributed by atoms with E-state index >= 15 is 0 Å². The molecule has 0 bridgehead atoms. The fourth-order valence-electron chi connectivity index (χ4n) is 0.875. The molecule has 1 N–H and O–H groups in total. The summed E-state index contributed by atoms with van der Waals surface area (Å²) in [4.78, 5) is 26.4. The number of amidine groups is 1. The van der Waals surface area contributed by atoms with Gasteiger partial charge in [-0.3, -0.25) is 9.59 Å². The molecule has 1 heterocycles. The van der Waals surface area contributed by atoms with Crippen molar-refractivity contribution >= 4 is 17.5 Å². The molecular formula is C10H14N2O2. The molecule has 0 spiro atoms. The molecule has 0 radical (unpaired) electrons. The van der Waals surface area contributed by atoms with Gasteiger partial charge >= 0.3 is 0 Å². The van der Waals surface area contributed by atoms with Gasteiger partial charge in [-0.05, 0) is 6.08 Å².